The molecule has 0 saturated heterocycles. The van der Waals surface area contributed by atoms with Gasteiger partial charge < -0.3 is 19.5 Å². The Hall–Kier alpha value is -1.42. The van der Waals surface area contributed by atoms with E-state index in [0.29, 0.717) is 0 Å². The quantitative estimate of drug-likeness (QED) is 0.897. The van der Waals surface area contributed by atoms with Crippen LogP contribution in [0.2, 0.25) is 0 Å². The van der Waals surface area contributed by atoms with Crippen molar-refractivity contribution in [1.82, 2.24) is 5.32 Å². The summed E-state index contributed by atoms with van der Waals surface area (Å²) in [6.07, 6.45) is 2.92. The van der Waals surface area contributed by atoms with E-state index in [1.54, 1.807) is 14.2 Å². The highest BCUT2D eigenvalue weighted by Gasteiger charge is 2.39. The van der Waals surface area contributed by atoms with Gasteiger partial charge in [0.25, 0.3) is 0 Å². The third kappa shape index (κ3) is 2.44. The molecular weight excluding hydrogens is 254 g/mol. The number of rotatable bonds is 5. The van der Waals surface area contributed by atoms with Crippen molar-refractivity contribution in [3.8, 4) is 17.2 Å². The van der Waals surface area contributed by atoms with Crippen LogP contribution in [0.5, 0.6) is 17.2 Å². The van der Waals surface area contributed by atoms with Crippen LogP contribution >= 0.6 is 0 Å². The standard InChI is InChI=1S/C16H25NO3/c1-6-16(7-2)10-12(17-3)15-13(19-5)8-11(18-4)9-14(15)20-16/h8-9,12,17H,6-7,10H2,1-5H3. The van der Waals surface area contributed by atoms with Crippen LogP contribution in [0, 0.1) is 0 Å². The molecule has 1 unspecified atom stereocenters. The van der Waals surface area contributed by atoms with Crippen LogP contribution in [-0.4, -0.2) is 26.9 Å². The van der Waals surface area contributed by atoms with E-state index in [1.165, 1.54) is 0 Å². The van der Waals surface area contributed by atoms with Crippen molar-refractivity contribution in [2.75, 3.05) is 21.3 Å². The fraction of sp³-hybridized carbons (Fsp3) is 0.625. The molecule has 4 nitrogen and oxygen atoms in total. The highest BCUT2D eigenvalue weighted by molar-refractivity contribution is 5.53. The van der Waals surface area contributed by atoms with Gasteiger partial charge in [-0.1, -0.05) is 13.8 Å². The van der Waals surface area contributed by atoms with Crippen molar-refractivity contribution >= 4 is 0 Å². The minimum absolute atomic E-state index is 0.113. The SMILES string of the molecule is CCC1(CC)CC(NC)c2c(OC)cc(OC)cc2O1. The molecule has 0 saturated carbocycles. The fourth-order valence-electron chi connectivity index (χ4n) is 2.97. The summed E-state index contributed by atoms with van der Waals surface area (Å²) in [7, 11) is 5.33. The maximum absolute atomic E-state index is 6.33. The molecule has 1 aliphatic rings. The van der Waals surface area contributed by atoms with Gasteiger partial charge in [-0.2, -0.15) is 0 Å². The normalized spacial score (nSPS) is 19.9. The first-order chi connectivity index (χ1) is 9.62. The average Bonchev–Trinajstić information content (AvgIpc) is 2.52. The highest BCUT2D eigenvalue weighted by atomic mass is 16.5. The second-order valence-electron chi connectivity index (χ2n) is 5.28. The lowest BCUT2D eigenvalue weighted by Gasteiger charge is -2.42. The molecule has 1 heterocycles. The third-order valence-corrected chi connectivity index (χ3v) is 4.42. The van der Waals surface area contributed by atoms with Gasteiger partial charge in [-0.3, -0.25) is 0 Å². The molecule has 2 rings (SSSR count). The van der Waals surface area contributed by atoms with Crippen molar-refractivity contribution in [3.63, 3.8) is 0 Å². The molecule has 1 N–H and O–H groups in total. The van der Waals surface area contributed by atoms with Gasteiger partial charge in [-0.15, -0.1) is 0 Å². The maximum atomic E-state index is 6.33. The molecule has 1 atom stereocenters. The Morgan fingerprint density at radius 3 is 2.45 bits per heavy atom. The number of benzene rings is 1. The largest absolute Gasteiger partial charge is 0.496 e. The van der Waals surface area contributed by atoms with Crippen LogP contribution < -0.4 is 19.5 Å². The first-order valence-electron chi connectivity index (χ1n) is 7.25. The Morgan fingerprint density at radius 1 is 1.25 bits per heavy atom. The first-order valence-corrected chi connectivity index (χ1v) is 7.25. The lowest BCUT2D eigenvalue weighted by Crippen LogP contribution is -2.42. The second kappa shape index (κ2) is 5.92. The zero-order chi connectivity index (χ0) is 14.8. The van der Waals surface area contributed by atoms with E-state index >= 15 is 0 Å². The van der Waals surface area contributed by atoms with Crippen molar-refractivity contribution in [1.29, 1.82) is 0 Å². The first kappa shape index (κ1) is 15.0. The summed E-state index contributed by atoms with van der Waals surface area (Å²) in [6.45, 7) is 4.36. The monoisotopic (exact) mass is 279 g/mol. The van der Waals surface area contributed by atoms with Gasteiger partial charge in [0.1, 0.15) is 22.8 Å². The lowest BCUT2D eigenvalue weighted by molar-refractivity contribution is 0.0228. The minimum Gasteiger partial charge on any atom is -0.496 e. The van der Waals surface area contributed by atoms with Gasteiger partial charge in [0, 0.05) is 24.6 Å². The Morgan fingerprint density at radius 2 is 1.95 bits per heavy atom. The summed E-state index contributed by atoms with van der Waals surface area (Å²) in [5.41, 5.74) is 0.978. The van der Waals surface area contributed by atoms with Gasteiger partial charge in [-0.25, -0.2) is 0 Å². The van der Waals surface area contributed by atoms with Crippen LogP contribution in [-0.2, 0) is 0 Å². The number of ether oxygens (including phenoxy) is 3. The smallest absolute Gasteiger partial charge is 0.132 e. The van der Waals surface area contributed by atoms with Crippen LogP contribution in [0.25, 0.3) is 0 Å². The summed E-state index contributed by atoms with van der Waals surface area (Å²) < 4.78 is 17.2. The zero-order valence-electron chi connectivity index (χ0n) is 13.1. The number of hydrogen-bond donors (Lipinski definition) is 1. The topological polar surface area (TPSA) is 39.7 Å². The Bertz CT molecular complexity index is 469. The van der Waals surface area contributed by atoms with Gasteiger partial charge in [0.05, 0.1) is 19.8 Å². The van der Waals surface area contributed by atoms with Crippen molar-refractivity contribution < 1.29 is 14.2 Å². The third-order valence-electron chi connectivity index (χ3n) is 4.42. The van der Waals surface area contributed by atoms with Gasteiger partial charge in [0.15, 0.2) is 0 Å². The summed E-state index contributed by atoms with van der Waals surface area (Å²) >= 11 is 0. The molecule has 0 aromatic heterocycles. The number of hydrogen-bond acceptors (Lipinski definition) is 4. The van der Waals surface area contributed by atoms with Gasteiger partial charge in [0.2, 0.25) is 0 Å². The molecule has 1 aromatic carbocycles. The summed E-state index contributed by atoms with van der Waals surface area (Å²) in [4.78, 5) is 0. The van der Waals surface area contributed by atoms with Crippen LogP contribution in [0.15, 0.2) is 12.1 Å². The molecular formula is C16H25NO3. The number of nitrogens with one attached hydrogen (secondary N) is 1. The maximum Gasteiger partial charge on any atom is 0.132 e. The summed E-state index contributed by atoms with van der Waals surface area (Å²) in [5.74, 6) is 2.45. The average molecular weight is 279 g/mol. The predicted molar refractivity (Wildman–Crippen MR) is 79.9 cm³/mol. The Kier molecular flexibility index (Phi) is 4.43. The van der Waals surface area contributed by atoms with E-state index in [4.69, 9.17) is 14.2 Å². The Balaban J connectivity index is 2.54. The molecule has 0 spiro atoms. The zero-order valence-corrected chi connectivity index (χ0v) is 13.1. The fourth-order valence-corrected chi connectivity index (χ4v) is 2.97. The molecule has 112 valence electrons. The van der Waals surface area contributed by atoms with E-state index in [0.717, 1.165) is 42.1 Å². The van der Waals surface area contributed by atoms with E-state index in [-0.39, 0.29) is 11.6 Å². The molecule has 0 aliphatic carbocycles. The van der Waals surface area contributed by atoms with E-state index in [1.807, 2.05) is 19.2 Å². The van der Waals surface area contributed by atoms with Crippen molar-refractivity contribution in [2.45, 2.75) is 44.8 Å². The molecule has 4 heteroatoms. The highest BCUT2D eigenvalue weighted by Crippen LogP contribution is 2.48. The van der Waals surface area contributed by atoms with Crippen LogP contribution in [0.1, 0.15) is 44.7 Å². The van der Waals surface area contributed by atoms with Gasteiger partial charge in [-0.05, 0) is 19.9 Å². The number of fused-ring (bicyclic) bond motifs is 1. The molecule has 20 heavy (non-hydrogen) atoms. The number of methoxy groups -OCH3 is 2. The second-order valence-corrected chi connectivity index (χ2v) is 5.28. The predicted octanol–water partition coefficient (Wildman–Crippen LogP) is 3.31. The summed E-state index contributed by atoms with van der Waals surface area (Å²) in [5, 5.41) is 3.39. The molecule has 0 radical (unpaired) electrons. The Labute approximate surface area is 121 Å². The van der Waals surface area contributed by atoms with E-state index in [2.05, 4.69) is 19.2 Å². The van der Waals surface area contributed by atoms with E-state index < -0.39 is 0 Å². The van der Waals surface area contributed by atoms with Crippen LogP contribution in [0.3, 0.4) is 0 Å². The lowest BCUT2D eigenvalue weighted by atomic mass is 9.83. The minimum atomic E-state index is -0.113. The molecule has 0 bridgehead atoms. The molecule has 0 fully saturated rings. The summed E-state index contributed by atoms with van der Waals surface area (Å²) in [6, 6.07) is 4.11. The van der Waals surface area contributed by atoms with Gasteiger partial charge >= 0.3 is 0 Å². The van der Waals surface area contributed by atoms with Crippen LogP contribution in [0.4, 0.5) is 0 Å². The molecule has 1 aromatic rings. The molecule has 1 aliphatic heterocycles. The van der Waals surface area contributed by atoms with Crippen molar-refractivity contribution in [3.05, 3.63) is 17.7 Å². The molecule has 0 amide bonds. The van der Waals surface area contributed by atoms with E-state index in [9.17, 15) is 0 Å². The van der Waals surface area contributed by atoms with Crippen molar-refractivity contribution in [2.24, 2.45) is 0 Å².